The van der Waals surface area contributed by atoms with E-state index < -0.39 is 0 Å². The van der Waals surface area contributed by atoms with Crippen molar-refractivity contribution in [2.45, 2.75) is 37.6 Å². The molecular weight excluding hydrogens is 312 g/mol. The zero-order valence-electron chi connectivity index (χ0n) is 11.9. The fraction of sp³-hybridized carbons (Fsp3) is 0.333. The van der Waals surface area contributed by atoms with Gasteiger partial charge in [-0.1, -0.05) is 57.9 Å². The third kappa shape index (κ3) is 2.90. The fourth-order valence-corrected chi connectivity index (χ4v) is 3.34. The number of hydrogen-bond donors (Lipinski definition) is 0. The van der Waals surface area contributed by atoms with E-state index in [0.29, 0.717) is 10.9 Å². The van der Waals surface area contributed by atoms with Gasteiger partial charge < -0.3 is 4.74 Å². The van der Waals surface area contributed by atoms with E-state index in [-0.39, 0.29) is 0 Å². The predicted octanol–water partition coefficient (Wildman–Crippen LogP) is 5.00. The molecule has 1 aliphatic heterocycles. The first kappa shape index (κ1) is 13.7. The van der Waals surface area contributed by atoms with Crippen LogP contribution in [0.3, 0.4) is 0 Å². The minimum absolute atomic E-state index is 0.311. The molecule has 0 saturated heterocycles. The van der Waals surface area contributed by atoms with Gasteiger partial charge in [-0.05, 0) is 43.0 Å². The second-order valence-electron chi connectivity index (χ2n) is 5.66. The summed E-state index contributed by atoms with van der Waals surface area (Å²) in [7, 11) is 0. The summed E-state index contributed by atoms with van der Waals surface area (Å²) < 4.78 is 5.76. The molecule has 104 valence electrons. The maximum absolute atomic E-state index is 5.76. The molecule has 0 N–H and O–H groups in total. The Morgan fingerprint density at radius 3 is 2.70 bits per heavy atom. The number of rotatable bonds is 3. The second-order valence-corrected chi connectivity index (χ2v) is 6.76. The van der Waals surface area contributed by atoms with Gasteiger partial charge in [0.25, 0.3) is 0 Å². The van der Waals surface area contributed by atoms with E-state index in [9.17, 15) is 0 Å². The van der Waals surface area contributed by atoms with Crippen LogP contribution in [0.5, 0.6) is 5.75 Å². The topological polar surface area (TPSA) is 9.23 Å². The van der Waals surface area contributed by atoms with Crippen molar-refractivity contribution in [3.05, 3.63) is 64.7 Å². The molecule has 2 aromatic carbocycles. The first-order valence-corrected chi connectivity index (χ1v) is 8.02. The molecule has 0 saturated carbocycles. The molecule has 2 heteroatoms. The van der Waals surface area contributed by atoms with Crippen LogP contribution in [0.4, 0.5) is 0 Å². The summed E-state index contributed by atoms with van der Waals surface area (Å²) in [6, 6.07) is 15.3. The summed E-state index contributed by atoms with van der Waals surface area (Å²) in [5.74, 6) is 1.05. The first-order valence-electron chi connectivity index (χ1n) is 7.11. The standard InChI is InChI=1S/C18H19BrO/c1-12-3-5-14(6-4-12)10-17(19)15-7-8-18-16(11-15)9-13(2)20-18/h3-8,11,13,17H,9-10H2,1-2H3. The van der Waals surface area contributed by atoms with Gasteiger partial charge in [-0.2, -0.15) is 0 Å². The lowest BCUT2D eigenvalue weighted by molar-refractivity contribution is 0.254. The van der Waals surface area contributed by atoms with Crippen molar-refractivity contribution in [3.63, 3.8) is 0 Å². The summed E-state index contributed by atoms with van der Waals surface area (Å²) in [5.41, 5.74) is 5.34. The maximum atomic E-state index is 5.76. The van der Waals surface area contributed by atoms with E-state index in [2.05, 4.69) is 72.2 Å². The van der Waals surface area contributed by atoms with Gasteiger partial charge in [0, 0.05) is 11.2 Å². The van der Waals surface area contributed by atoms with Crippen LogP contribution in [-0.4, -0.2) is 6.10 Å². The van der Waals surface area contributed by atoms with Crippen LogP contribution in [0.2, 0.25) is 0 Å². The highest BCUT2D eigenvalue weighted by molar-refractivity contribution is 9.09. The number of ether oxygens (including phenoxy) is 1. The number of benzene rings is 2. The number of hydrogen-bond acceptors (Lipinski definition) is 1. The molecule has 1 nitrogen and oxygen atoms in total. The number of halogens is 1. The summed E-state index contributed by atoms with van der Waals surface area (Å²) in [4.78, 5) is 0.353. The maximum Gasteiger partial charge on any atom is 0.123 e. The highest BCUT2D eigenvalue weighted by Gasteiger charge is 2.20. The van der Waals surface area contributed by atoms with Crippen LogP contribution in [0.15, 0.2) is 42.5 Å². The zero-order chi connectivity index (χ0) is 14.1. The van der Waals surface area contributed by atoms with Crippen molar-refractivity contribution < 1.29 is 4.74 Å². The summed E-state index contributed by atoms with van der Waals surface area (Å²) in [6.07, 6.45) is 2.34. The van der Waals surface area contributed by atoms with E-state index in [1.807, 2.05) is 0 Å². The number of aryl methyl sites for hydroxylation is 1. The van der Waals surface area contributed by atoms with Gasteiger partial charge in [-0.3, -0.25) is 0 Å². The van der Waals surface area contributed by atoms with Gasteiger partial charge >= 0.3 is 0 Å². The lowest BCUT2D eigenvalue weighted by Gasteiger charge is -2.12. The molecule has 0 radical (unpaired) electrons. The quantitative estimate of drug-likeness (QED) is 0.720. The molecule has 0 spiro atoms. The zero-order valence-corrected chi connectivity index (χ0v) is 13.5. The third-order valence-electron chi connectivity index (χ3n) is 3.82. The minimum Gasteiger partial charge on any atom is -0.490 e. The Kier molecular flexibility index (Phi) is 3.84. The van der Waals surface area contributed by atoms with Crippen LogP contribution in [0.1, 0.15) is 34.0 Å². The number of alkyl halides is 1. The summed E-state index contributed by atoms with van der Waals surface area (Å²) in [6.45, 7) is 4.24. The molecule has 1 heterocycles. The Hall–Kier alpha value is -1.28. The Labute approximate surface area is 129 Å². The normalized spacial score (nSPS) is 18.4. The molecule has 0 aliphatic carbocycles. The van der Waals surface area contributed by atoms with Crippen molar-refractivity contribution in [3.8, 4) is 5.75 Å². The lowest BCUT2D eigenvalue weighted by atomic mass is 10.0. The van der Waals surface area contributed by atoms with E-state index in [0.717, 1.165) is 18.6 Å². The average molecular weight is 331 g/mol. The Morgan fingerprint density at radius 2 is 1.95 bits per heavy atom. The first-order chi connectivity index (χ1) is 9.61. The smallest absolute Gasteiger partial charge is 0.123 e. The fourth-order valence-electron chi connectivity index (χ4n) is 2.69. The van der Waals surface area contributed by atoms with E-state index in [1.165, 1.54) is 22.3 Å². The SMILES string of the molecule is Cc1ccc(CC(Br)c2ccc3c(c2)CC(C)O3)cc1. The molecule has 0 aromatic heterocycles. The van der Waals surface area contributed by atoms with E-state index in [1.54, 1.807) is 0 Å². The van der Waals surface area contributed by atoms with E-state index in [4.69, 9.17) is 4.74 Å². The minimum atomic E-state index is 0.311. The van der Waals surface area contributed by atoms with Crippen molar-refractivity contribution >= 4 is 15.9 Å². The predicted molar refractivity (Wildman–Crippen MR) is 86.8 cm³/mol. The van der Waals surface area contributed by atoms with Crippen LogP contribution < -0.4 is 4.74 Å². The molecule has 2 aromatic rings. The molecule has 3 rings (SSSR count). The highest BCUT2D eigenvalue weighted by Crippen LogP contribution is 2.34. The molecule has 0 bridgehead atoms. The molecule has 1 aliphatic rings. The Balaban J connectivity index is 1.76. The summed E-state index contributed by atoms with van der Waals surface area (Å²) >= 11 is 3.82. The van der Waals surface area contributed by atoms with Crippen LogP contribution in [0, 0.1) is 6.92 Å². The number of fused-ring (bicyclic) bond motifs is 1. The van der Waals surface area contributed by atoms with Gasteiger partial charge in [0.2, 0.25) is 0 Å². The Bertz CT molecular complexity index is 603. The van der Waals surface area contributed by atoms with Crippen LogP contribution in [-0.2, 0) is 12.8 Å². The van der Waals surface area contributed by atoms with Crippen LogP contribution in [0.25, 0.3) is 0 Å². The molecule has 0 fully saturated rings. The van der Waals surface area contributed by atoms with Crippen LogP contribution >= 0.6 is 15.9 Å². The molecule has 2 atom stereocenters. The third-order valence-corrected chi connectivity index (χ3v) is 4.67. The molecular formula is C18H19BrO. The van der Waals surface area contributed by atoms with Gasteiger partial charge in [-0.15, -0.1) is 0 Å². The average Bonchev–Trinajstić information content (AvgIpc) is 2.80. The Morgan fingerprint density at radius 1 is 1.20 bits per heavy atom. The van der Waals surface area contributed by atoms with Crippen molar-refractivity contribution in [2.24, 2.45) is 0 Å². The lowest BCUT2D eigenvalue weighted by Crippen LogP contribution is -2.05. The highest BCUT2D eigenvalue weighted by atomic mass is 79.9. The summed E-state index contributed by atoms with van der Waals surface area (Å²) in [5, 5.41) is 0. The van der Waals surface area contributed by atoms with Gasteiger partial charge in [0.1, 0.15) is 11.9 Å². The van der Waals surface area contributed by atoms with Crippen molar-refractivity contribution in [1.82, 2.24) is 0 Å². The van der Waals surface area contributed by atoms with Crippen molar-refractivity contribution in [1.29, 1.82) is 0 Å². The van der Waals surface area contributed by atoms with E-state index >= 15 is 0 Å². The van der Waals surface area contributed by atoms with Gasteiger partial charge in [0.15, 0.2) is 0 Å². The monoisotopic (exact) mass is 330 g/mol. The molecule has 2 unspecified atom stereocenters. The molecule has 0 amide bonds. The van der Waals surface area contributed by atoms with Gasteiger partial charge in [-0.25, -0.2) is 0 Å². The molecule has 20 heavy (non-hydrogen) atoms. The van der Waals surface area contributed by atoms with Crippen molar-refractivity contribution in [2.75, 3.05) is 0 Å². The largest absolute Gasteiger partial charge is 0.490 e. The second kappa shape index (κ2) is 5.61. The van der Waals surface area contributed by atoms with Gasteiger partial charge in [0.05, 0.1) is 0 Å².